The molecule has 0 spiro atoms. The molecule has 0 N–H and O–H groups in total. The fourth-order valence-corrected chi connectivity index (χ4v) is 3.07. The summed E-state index contributed by atoms with van der Waals surface area (Å²) in [5.74, 6) is 1.40. The van der Waals surface area contributed by atoms with Crippen LogP contribution in [0.15, 0.2) is 10.8 Å². The fraction of sp³-hybridized carbons (Fsp3) is 0.750. The molecule has 0 aromatic carbocycles. The van der Waals surface area contributed by atoms with Gasteiger partial charge < -0.3 is 4.52 Å². The van der Waals surface area contributed by atoms with Crippen LogP contribution in [0.5, 0.6) is 0 Å². The summed E-state index contributed by atoms with van der Waals surface area (Å²) < 4.78 is 22.0. The van der Waals surface area contributed by atoms with Gasteiger partial charge in [-0.1, -0.05) is 24.9 Å². The van der Waals surface area contributed by atoms with Crippen LogP contribution in [0.1, 0.15) is 26.7 Å². The van der Waals surface area contributed by atoms with Crippen molar-refractivity contribution < 1.29 is 13.6 Å². The minimum atomic E-state index is -3.01. The van der Waals surface area contributed by atoms with Gasteiger partial charge in [-0.05, 0) is 13.3 Å². The molecule has 1 aliphatic heterocycles. The maximum atomic E-state index is 11.7. The fourth-order valence-electron chi connectivity index (χ4n) is 0.961. The van der Waals surface area contributed by atoms with Gasteiger partial charge in [0.05, 0.1) is 11.6 Å². The van der Waals surface area contributed by atoms with E-state index in [0.29, 0.717) is 11.6 Å². The third kappa shape index (κ3) is 3.10. The van der Waals surface area contributed by atoms with Gasteiger partial charge in [-0.15, -0.1) is 0 Å². The SMILES string of the molecule is CCCCOP1(=O)C=C(Cl)C(C)O1. The predicted octanol–water partition coefficient (Wildman–Crippen LogP) is 3.50. The zero-order valence-electron chi connectivity index (χ0n) is 7.83. The molecule has 1 heterocycles. The van der Waals surface area contributed by atoms with Crippen LogP contribution in [0.3, 0.4) is 0 Å². The lowest BCUT2D eigenvalue weighted by atomic mass is 10.4. The van der Waals surface area contributed by atoms with Crippen LogP contribution in [0, 0.1) is 0 Å². The number of hydrogen-bond acceptors (Lipinski definition) is 3. The van der Waals surface area contributed by atoms with E-state index >= 15 is 0 Å². The Hall–Kier alpha value is 0.180. The summed E-state index contributed by atoms with van der Waals surface area (Å²) in [6.07, 6.45) is 1.59. The Kier molecular flexibility index (Phi) is 3.99. The number of hydrogen-bond donors (Lipinski definition) is 0. The molecular formula is C8H14ClO3P. The second-order valence-corrected chi connectivity index (χ2v) is 5.23. The summed E-state index contributed by atoms with van der Waals surface area (Å²) in [4.78, 5) is 0. The highest BCUT2D eigenvalue weighted by atomic mass is 35.5. The predicted molar refractivity (Wildman–Crippen MR) is 52.9 cm³/mol. The van der Waals surface area contributed by atoms with E-state index < -0.39 is 7.60 Å². The minimum absolute atomic E-state index is 0.297. The van der Waals surface area contributed by atoms with Crippen molar-refractivity contribution in [2.75, 3.05) is 6.61 Å². The zero-order chi connectivity index (χ0) is 9.90. The van der Waals surface area contributed by atoms with Crippen molar-refractivity contribution in [1.29, 1.82) is 0 Å². The van der Waals surface area contributed by atoms with Crippen LogP contribution in [0.2, 0.25) is 0 Å². The van der Waals surface area contributed by atoms with Gasteiger partial charge in [0, 0.05) is 5.82 Å². The summed E-state index contributed by atoms with van der Waals surface area (Å²) in [7, 11) is -3.01. The Morgan fingerprint density at radius 3 is 2.92 bits per heavy atom. The van der Waals surface area contributed by atoms with Crippen LogP contribution < -0.4 is 0 Å². The van der Waals surface area contributed by atoms with Crippen molar-refractivity contribution in [3.63, 3.8) is 0 Å². The Labute approximate surface area is 83.6 Å². The number of unbranched alkanes of at least 4 members (excludes halogenated alkanes) is 1. The highest BCUT2D eigenvalue weighted by Crippen LogP contribution is 2.57. The highest BCUT2D eigenvalue weighted by Gasteiger charge is 2.33. The minimum Gasteiger partial charge on any atom is -0.306 e. The maximum Gasteiger partial charge on any atom is 0.356 e. The standard InChI is InChI=1S/C8H14ClO3P/c1-3-4-5-11-13(10)6-8(9)7(2)12-13/h6-7H,3-5H2,1-2H3. The topological polar surface area (TPSA) is 35.5 Å². The average Bonchev–Trinajstić information content (AvgIpc) is 2.27. The number of halogens is 1. The van der Waals surface area contributed by atoms with Gasteiger partial charge in [-0.2, -0.15) is 0 Å². The molecule has 1 aliphatic rings. The van der Waals surface area contributed by atoms with Gasteiger partial charge in [0.25, 0.3) is 0 Å². The molecule has 0 amide bonds. The van der Waals surface area contributed by atoms with E-state index in [-0.39, 0.29) is 6.10 Å². The second-order valence-electron chi connectivity index (χ2n) is 2.99. The van der Waals surface area contributed by atoms with Gasteiger partial charge >= 0.3 is 7.60 Å². The maximum absolute atomic E-state index is 11.7. The molecule has 0 radical (unpaired) electrons. The van der Waals surface area contributed by atoms with Gasteiger partial charge in [0.1, 0.15) is 6.10 Å². The van der Waals surface area contributed by atoms with Crippen molar-refractivity contribution >= 4 is 19.2 Å². The average molecular weight is 225 g/mol. The molecule has 2 atom stereocenters. The molecule has 0 aromatic rings. The Bertz CT molecular complexity index is 252. The van der Waals surface area contributed by atoms with Crippen molar-refractivity contribution in [2.45, 2.75) is 32.8 Å². The van der Waals surface area contributed by atoms with Crippen molar-refractivity contribution in [2.24, 2.45) is 0 Å². The van der Waals surface area contributed by atoms with Gasteiger partial charge in [-0.3, -0.25) is 9.09 Å². The molecule has 0 bridgehead atoms. The Morgan fingerprint density at radius 1 is 1.77 bits per heavy atom. The van der Waals surface area contributed by atoms with Crippen LogP contribution in [0.25, 0.3) is 0 Å². The van der Waals surface area contributed by atoms with Gasteiger partial charge in [0.15, 0.2) is 0 Å². The first-order valence-corrected chi connectivity index (χ1v) is 6.37. The Morgan fingerprint density at radius 2 is 2.46 bits per heavy atom. The van der Waals surface area contributed by atoms with E-state index in [9.17, 15) is 4.57 Å². The molecule has 13 heavy (non-hydrogen) atoms. The van der Waals surface area contributed by atoms with E-state index in [0.717, 1.165) is 12.8 Å². The molecule has 0 aliphatic carbocycles. The summed E-state index contributed by atoms with van der Waals surface area (Å²) >= 11 is 5.74. The van der Waals surface area contributed by atoms with Gasteiger partial charge in [-0.25, -0.2) is 0 Å². The molecule has 1 rings (SSSR count). The van der Waals surface area contributed by atoms with E-state index in [1.54, 1.807) is 6.92 Å². The first-order valence-electron chi connectivity index (χ1n) is 4.38. The van der Waals surface area contributed by atoms with Crippen LogP contribution in [-0.4, -0.2) is 12.7 Å². The molecule has 3 nitrogen and oxygen atoms in total. The Balaban J connectivity index is 2.46. The zero-order valence-corrected chi connectivity index (χ0v) is 9.48. The van der Waals surface area contributed by atoms with E-state index in [1.807, 2.05) is 6.92 Å². The van der Waals surface area contributed by atoms with E-state index in [1.165, 1.54) is 5.82 Å². The smallest absolute Gasteiger partial charge is 0.306 e. The molecule has 0 fully saturated rings. The molecule has 0 aromatic heterocycles. The van der Waals surface area contributed by atoms with Crippen molar-refractivity contribution in [3.05, 3.63) is 10.8 Å². The number of rotatable bonds is 4. The van der Waals surface area contributed by atoms with E-state index in [4.69, 9.17) is 20.6 Å². The quantitative estimate of drug-likeness (QED) is 0.542. The van der Waals surface area contributed by atoms with Gasteiger partial charge in [0.2, 0.25) is 0 Å². The summed E-state index contributed by atoms with van der Waals surface area (Å²) in [5.41, 5.74) is 0. The van der Waals surface area contributed by atoms with E-state index in [2.05, 4.69) is 0 Å². The normalized spacial score (nSPS) is 33.5. The lowest BCUT2D eigenvalue weighted by Gasteiger charge is -2.11. The molecule has 76 valence electrons. The van der Waals surface area contributed by atoms with Crippen LogP contribution in [0.4, 0.5) is 0 Å². The first kappa shape index (κ1) is 11.3. The highest BCUT2D eigenvalue weighted by molar-refractivity contribution is 7.57. The third-order valence-corrected chi connectivity index (χ3v) is 4.06. The van der Waals surface area contributed by atoms with Crippen LogP contribution >= 0.6 is 19.2 Å². The molecule has 0 saturated carbocycles. The molecule has 2 unspecified atom stereocenters. The molecular weight excluding hydrogens is 211 g/mol. The van der Waals surface area contributed by atoms with Crippen molar-refractivity contribution in [3.8, 4) is 0 Å². The summed E-state index contributed by atoms with van der Waals surface area (Å²) in [6, 6.07) is 0. The summed E-state index contributed by atoms with van der Waals surface area (Å²) in [6.45, 7) is 4.25. The third-order valence-electron chi connectivity index (χ3n) is 1.74. The monoisotopic (exact) mass is 224 g/mol. The summed E-state index contributed by atoms with van der Waals surface area (Å²) in [5, 5.41) is 0.472. The second kappa shape index (κ2) is 4.61. The lowest BCUT2D eigenvalue weighted by Crippen LogP contribution is -2.00. The van der Waals surface area contributed by atoms with Crippen LogP contribution in [-0.2, 0) is 13.6 Å². The largest absolute Gasteiger partial charge is 0.356 e. The molecule has 0 saturated heterocycles. The first-order chi connectivity index (χ1) is 6.07. The lowest BCUT2D eigenvalue weighted by molar-refractivity contribution is 0.196. The van der Waals surface area contributed by atoms with Crippen molar-refractivity contribution in [1.82, 2.24) is 0 Å². The molecule has 5 heteroatoms.